The molecule has 2 aromatic rings. The van der Waals surface area contributed by atoms with E-state index in [2.05, 4.69) is 4.98 Å². The van der Waals surface area contributed by atoms with Crippen LogP contribution in [0.25, 0.3) is 0 Å². The Morgan fingerprint density at radius 1 is 1.28 bits per heavy atom. The van der Waals surface area contributed by atoms with Crippen molar-refractivity contribution in [3.63, 3.8) is 0 Å². The second-order valence-corrected chi connectivity index (χ2v) is 3.85. The zero-order chi connectivity index (χ0) is 12.4. The summed E-state index contributed by atoms with van der Waals surface area (Å²) in [6.07, 6.45) is 1.68. The van der Waals surface area contributed by atoms with Gasteiger partial charge in [0.15, 0.2) is 11.5 Å². The van der Waals surface area contributed by atoms with Crippen LogP contribution in [0, 0.1) is 0 Å². The molecular weight excluding hydrogens is 234 g/mol. The Kier molecular flexibility index (Phi) is 2.64. The molecule has 5 nitrogen and oxygen atoms in total. The van der Waals surface area contributed by atoms with E-state index in [9.17, 15) is 4.79 Å². The van der Waals surface area contributed by atoms with E-state index in [1.54, 1.807) is 24.4 Å². The second-order valence-electron chi connectivity index (χ2n) is 3.85. The van der Waals surface area contributed by atoms with Crippen LogP contribution in [0.15, 0.2) is 36.5 Å². The van der Waals surface area contributed by atoms with E-state index < -0.39 is 0 Å². The number of esters is 1. The van der Waals surface area contributed by atoms with E-state index in [1.807, 2.05) is 12.1 Å². The maximum Gasteiger partial charge on any atom is 0.355 e. The molecule has 1 aliphatic heterocycles. The predicted octanol–water partition coefficient (Wildman–Crippen LogP) is 2.10. The van der Waals surface area contributed by atoms with Gasteiger partial charge in [-0.2, -0.15) is 0 Å². The van der Waals surface area contributed by atoms with Crippen molar-refractivity contribution in [3.05, 3.63) is 47.8 Å². The summed E-state index contributed by atoms with van der Waals surface area (Å²) in [5.74, 6) is 1.02. The van der Waals surface area contributed by atoms with Gasteiger partial charge in [0, 0.05) is 6.20 Å². The van der Waals surface area contributed by atoms with Crippen molar-refractivity contribution in [2.45, 2.75) is 6.61 Å². The van der Waals surface area contributed by atoms with Crippen LogP contribution in [-0.4, -0.2) is 17.7 Å². The Morgan fingerprint density at radius 2 is 2.17 bits per heavy atom. The fourth-order valence-corrected chi connectivity index (χ4v) is 1.71. The number of nitrogens with one attached hydrogen (secondary N) is 1. The minimum absolute atomic E-state index is 0.203. The van der Waals surface area contributed by atoms with Gasteiger partial charge >= 0.3 is 5.97 Å². The SMILES string of the molecule is O=C(OCc1ccc2c(c1)OCO2)c1ccc[nH]1. The maximum absolute atomic E-state index is 11.6. The normalized spacial score (nSPS) is 12.4. The highest BCUT2D eigenvalue weighted by Crippen LogP contribution is 2.32. The van der Waals surface area contributed by atoms with Crippen molar-refractivity contribution in [1.82, 2.24) is 4.98 Å². The van der Waals surface area contributed by atoms with Crippen molar-refractivity contribution in [3.8, 4) is 11.5 Å². The van der Waals surface area contributed by atoms with Crippen LogP contribution in [0.2, 0.25) is 0 Å². The molecule has 0 amide bonds. The van der Waals surface area contributed by atoms with Gasteiger partial charge in [-0.05, 0) is 29.8 Å². The number of fused-ring (bicyclic) bond motifs is 1. The molecule has 0 spiro atoms. The highest BCUT2D eigenvalue weighted by atomic mass is 16.7. The third kappa shape index (κ3) is 2.02. The molecule has 92 valence electrons. The first-order valence-electron chi connectivity index (χ1n) is 5.52. The molecule has 3 rings (SSSR count). The van der Waals surface area contributed by atoms with Crippen LogP contribution in [0.1, 0.15) is 16.1 Å². The number of H-pyrrole nitrogens is 1. The van der Waals surface area contributed by atoms with Gasteiger partial charge in [0.2, 0.25) is 6.79 Å². The number of benzene rings is 1. The van der Waals surface area contributed by atoms with E-state index in [0.717, 1.165) is 11.3 Å². The van der Waals surface area contributed by atoms with E-state index in [4.69, 9.17) is 14.2 Å². The molecule has 0 saturated carbocycles. The lowest BCUT2D eigenvalue weighted by atomic mass is 10.2. The monoisotopic (exact) mass is 245 g/mol. The molecule has 1 aromatic carbocycles. The summed E-state index contributed by atoms with van der Waals surface area (Å²) < 4.78 is 15.6. The van der Waals surface area contributed by atoms with Gasteiger partial charge in [-0.1, -0.05) is 6.07 Å². The second kappa shape index (κ2) is 4.44. The molecule has 0 aliphatic carbocycles. The van der Waals surface area contributed by atoms with Gasteiger partial charge in [-0.25, -0.2) is 4.79 Å². The molecule has 18 heavy (non-hydrogen) atoms. The van der Waals surface area contributed by atoms with Crippen LogP contribution < -0.4 is 9.47 Å². The van der Waals surface area contributed by atoms with Gasteiger partial charge in [0.05, 0.1) is 0 Å². The van der Waals surface area contributed by atoms with Crippen molar-refractivity contribution in [1.29, 1.82) is 0 Å². The summed E-state index contributed by atoms with van der Waals surface area (Å²) in [5, 5.41) is 0. The molecule has 2 heterocycles. The third-order valence-electron chi connectivity index (χ3n) is 2.62. The fraction of sp³-hybridized carbons (Fsp3) is 0.154. The highest BCUT2D eigenvalue weighted by Gasteiger charge is 2.14. The molecular formula is C13H11NO4. The average molecular weight is 245 g/mol. The van der Waals surface area contributed by atoms with E-state index in [0.29, 0.717) is 11.4 Å². The van der Waals surface area contributed by atoms with Crippen LogP contribution in [-0.2, 0) is 11.3 Å². The molecule has 0 bridgehead atoms. The lowest BCUT2D eigenvalue weighted by Gasteiger charge is -2.04. The first-order valence-corrected chi connectivity index (χ1v) is 5.52. The molecule has 0 saturated heterocycles. The molecule has 0 fully saturated rings. The number of hydrogen-bond acceptors (Lipinski definition) is 4. The molecule has 1 N–H and O–H groups in total. The zero-order valence-electron chi connectivity index (χ0n) is 9.51. The number of carbonyl (C=O) groups is 1. The maximum atomic E-state index is 11.6. The van der Waals surface area contributed by atoms with Crippen LogP contribution in [0.3, 0.4) is 0 Å². The van der Waals surface area contributed by atoms with Crippen molar-refractivity contribution in [2.75, 3.05) is 6.79 Å². The van der Waals surface area contributed by atoms with Crippen LogP contribution in [0.5, 0.6) is 11.5 Å². The fourth-order valence-electron chi connectivity index (χ4n) is 1.71. The minimum Gasteiger partial charge on any atom is -0.456 e. The largest absolute Gasteiger partial charge is 0.456 e. The topological polar surface area (TPSA) is 60.6 Å². The number of ether oxygens (including phenoxy) is 3. The van der Waals surface area contributed by atoms with Gasteiger partial charge < -0.3 is 19.2 Å². The Balaban J connectivity index is 1.65. The lowest BCUT2D eigenvalue weighted by molar-refractivity contribution is 0.0466. The summed E-state index contributed by atoms with van der Waals surface area (Å²) in [5.41, 5.74) is 1.30. The van der Waals surface area contributed by atoms with Crippen molar-refractivity contribution >= 4 is 5.97 Å². The van der Waals surface area contributed by atoms with E-state index in [1.165, 1.54) is 0 Å². The van der Waals surface area contributed by atoms with Crippen molar-refractivity contribution < 1.29 is 19.0 Å². The summed E-state index contributed by atoms with van der Waals surface area (Å²) in [7, 11) is 0. The van der Waals surface area contributed by atoms with Crippen LogP contribution in [0.4, 0.5) is 0 Å². The first-order chi connectivity index (χ1) is 8.83. The van der Waals surface area contributed by atoms with Crippen LogP contribution >= 0.6 is 0 Å². The molecule has 1 aromatic heterocycles. The molecule has 0 radical (unpaired) electrons. The number of rotatable bonds is 3. The summed E-state index contributed by atoms with van der Waals surface area (Å²) >= 11 is 0. The molecule has 5 heteroatoms. The Labute approximate surface area is 103 Å². The smallest absolute Gasteiger partial charge is 0.355 e. The Bertz CT molecular complexity index is 562. The van der Waals surface area contributed by atoms with Gasteiger partial charge in [-0.3, -0.25) is 0 Å². The summed E-state index contributed by atoms with van der Waals surface area (Å²) in [6.45, 7) is 0.440. The summed E-state index contributed by atoms with van der Waals surface area (Å²) in [4.78, 5) is 14.4. The van der Waals surface area contributed by atoms with Gasteiger partial charge in [-0.15, -0.1) is 0 Å². The Morgan fingerprint density at radius 3 is 3.00 bits per heavy atom. The van der Waals surface area contributed by atoms with E-state index >= 15 is 0 Å². The Hall–Kier alpha value is -2.43. The van der Waals surface area contributed by atoms with Gasteiger partial charge in [0.1, 0.15) is 12.3 Å². The number of carbonyl (C=O) groups excluding carboxylic acids is 1. The summed E-state index contributed by atoms with van der Waals surface area (Å²) in [6, 6.07) is 8.87. The van der Waals surface area contributed by atoms with E-state index in [-0.39, 0.29) is 19.4 Å². The zero-order valence-corrected chi connectivity index (χ0v) is 9.51. The highest BCUT2D eigenvalue weighted by molar-refractivity contribution is 5.87. The predicted molar refractivity (Wildman–Crippen MR) is 62.5 cm³/mol. The minimum atomic E-state index is -0.377. The standard InChI is InChI=1S/C13H11NO4/c15-13(10-2-1-5-14-10)16-7-9-3-4-11-12(6-9)18-8-17-11/h1-6,14H,7-8H2. The number of aromatic amines is 1. The number of aromatic nitrogens is 1. The lowest BCUT2D eigenvalue weighted by Crippen LogP contribution is -2.05. The first kappa shape index (κ1) is 10.7. The molecule has 0 unspecified atom stereocenters. The molecule has 0 atom stereocenters. The third-order valence-corrected chi connectivity index (χ3v) is 2.62. The quantitative estimate of drug-likeness (QED) is 0.841. The number of hydrogen-bond donors (Lipinski definition) is 1. The average Bonchev–Trinajstić information content (AvgIpc) is 3.05. The molecule has 1 aliphatic rings. The van der Waals surface area contributed by atoms with Crippen molar-refractivity contribution in [2.24, 2.45) is 0 Å². The van der Waals surface area contributed by atoms with Gasteiger partial charge in [0.25, 0.3) is 0 Å².